The maximum Gasteiger partial charge on any atom is 0.323 e. The fourth-order valence-corrected chi connectivity index (χ4v) is 2.41. The predicted molar refractivity (Wildman–Crippen MR) is 74.9 cm³/mol. The Hall–Kier alpha value is -1.26. The molecule has 0 aromatic heterocycles. The summed E-state index contributed by atoms with van der Waals surface area (Å²) in [6.07, 6.45) is 3.30. The van der Waals surface area contributed by atoms with Gasteiger partial charge in [-0.2, -0.15) is 0 Å². The van der Waals surface area contributed by atoms with Crippen molar-refractivity contribution in [1.29, 1.82) is 0 Å². The van der Waals surface area contributed by atoms with Crippen molar-refractivity contribution in [3.63, 3.8) is 0 Å². The van der Waals surface area contributed by atoms with Gasteiger partial charge in [0.25, 0.3) is 0 Å². The molecule has 0 amide bonds. The van der Waals surface area contributed by atoms with Crippen LogP contribution in [0.25, 0.3) is 0 Å². The van der Waals surface area contributed by atoms with Crippen molar-refractivity contribution in [2.45, 2.75) is 25.4 Å². The summed E-state index contributed by atoms with van der Waals surface area (Å²) in [7, 11) is 0. The van der Waals surface area contributed by atoms with Crippen LogP contribution in [-0.4, -0.2) is 36.9 Å². The molecular weight excluding hydrogens is 266 g/mol. The molecule has 0 bridgehead atoms. The Morgan fingerprint density at radius 3 is 2.74 bits per heavy atom. The summed E-state index contributed by atoms with van der Waals surface area (Å²) in [5, 5.41) is 9.64. The molecule has 2 rings (SSSR count). The monoisotopic (exact) mass is 283 g/mol. The Morgan fingerprint density at radius 2 is 2.16 bits per heavy atom. The quantitative estimate of drug-likeness (QED) is 0.872. The molecule has 1 fully saturated rings. The van der Waals surface area contributed by atoms with Crippen molar-refractivity contribution in [3.05, 3.63) is 29.3 Å². The van der Waals surface area contributed by atoms with Crippen molar-refractivity contribution in [1.82, 2.24) is 0 Å². The maximum atomic E-state index is 10.9. The molecule has 1 N–H and O–H groups in total. The van der Waals surface area contributed by atoms with Crippen molar-refractivity contribution in [2.24, 2.45) is 0 Å². The zero-order valence-corrected chi connectivity index (χ0v) is 11.5. The number of halogens is 1. The fourth-order valence-electron chi connectivity index (χ4n) is 2.29. The molecule has 0 radical (unpaired) electrons. The summed E-state index contributed by atoms with van der Waals surface area (Å²) in [6, 6.07) is 7.25. The SMILES string of the molecule is O=C(O)CN(CCC1CCCO1)c1ccc(Cl)cc1. The van der Waals surface area contributed by atoms with Crippen LogP contribution >= 0.6 is 11.6 Å². The smallest absolute Gasteiger partial charge is 0.323 e. The number of hydrogen-bond acceptors (Lipinski definition) is 3. The van der Waals surface area contributed by atoms with E-state index < -0.39 is 5.97 Å². The normalized spacial score (nSPS) is 18.5. The molecule has 1 atom stereocenters. The Morgan fingerprint density at radius 1 is 1.42 bits per heavy atom. The minimum atomic E-state index is -0.831. The molecule has 1 aromatic carbocycles. The number of rotatable bonds is 6. The fraction of sp³-hybridized carbons (Fsp3) is 0.500. The van der Waals surface area contributed by atoms with E-state index in [4.69, 9.17) is 21.4 Å². The largest absolute Gasteiger partial charge is 0.480 e. The molecule has 0 spiro atoms. The van der Waals surface area contributed by atoms with E-state index in [1.807, 2.05) is 17.0 Å². The van der Waals surface area contributed by atoms with Crippen LogP contribution in [0.3, 0.4) is 0 Å². The van der Waals surface area contributed by atoms with E-state index in [1.54, 1.807) is 12.1 Å². The number of carboxylic acid groups (broad SMARTS) is 1. The van der Waals surface area contributed by atoms with Crippen molar-refractivity contribution in [3.8, 4) is 0 Å². The van der Waals surface area contributed by atoms with Crippen LogP contribution in [0.5, 0.6) is 0 Å². The lowest BCUT2D eigenvalue weighted by molar-refractivity contribution is -0.135. The molecule has 0 saturated carbocycles. The van der Waals surface area contributed by atoms with Gasteiger partial charge in [-0.15, -0.1) is 0 Å². The number of carboxylic acids is 1. The van der Waals surface area contributed by atoms with Gasteiger partial charge < -0.3 is 14.7 Å². The summed E-state index contributed by atoms with van der Waals surface area (Å²) >= 11 is 5.85. The average Bonchev–Trinajstić information content (AvgIpc) is 2.88. The molecule has 0 aliphatic carbocycles. The second-order valence-corrected chi connectivity index (χ2v) is 5.15. The van der Waals surface area contributed by atoms with Gasteiger partial charge >= 0.3 is 5.97 Å². The van der Waals surface area contributed by atoms with Crippen LogP contribution in [-0.2, 0) is 9.53 Å². The molecule has 1 aliphatic heterocycles. The Labute approximate surface area is 117 Å². The average molecular weight is 284 g/mol. The summed E-state index contributed by atoms with van der Waals surface area (Å²) in [5.41, 5.74) is 0.879. The molecule has 1 heterocycles. The highest BCUT2D eigenvalue weighted by Crippen LogP contribution is 2.21. The molecule has 1 aromatic rings. The molecule has 1 saturated heterocycles. The lowest BCUT2D eigenvalue weighted by Gasteiger charge is -2.24. The molecule has 1 unspecified atom stereocenters. The van der Waals surface area contributed by atoms with Crippen LogP contribution < -0.4 is 4.90 Å². The zero-order chi connectivity index (χ0) is 13.7. The Kier molecular flexibility index (Phi) is 5.05. The zero-order valence-electron chi connectivity index (χ0n) is 10.7. The number of nitrogens with zero attached hydrogens (tertiary/aromatic N) is 1. The Bertz CT molecular complexity index is 415. The third-order valence-corrected chi connectivity index (χ3v) is 3.51. The van der Waals surface area contributed by atoms with Crippen LogP contribution in [0.4, 0.5) is 5.69 Å². The van der Waals surface area contributed by atoms with Gasteiger partial charge in [0, 0.05) is 23.9 Å². The number of benzene rings is 1. The van der Waals surface area contributed by atoms with Crippen LogP contribution in [0.2, 0.25) is 5.02 Å². The highest BCUT2D eigenvalue weighted by Gasteiger charge is 2.18. The third kappa shape index (κ3) is 4.40. The van der Waals surface area contributed by atoms with Crippen LogP contribution in [0, 0.1) is 0 Å². The second-order valence-electron chi connectivity index (χ2n) is 4.72. The van der Waals surface area contributed by atoms with Crippen molar-refractivity contribution in [2.75, 3.05) is 24.6 Å². The van der Waals surface area contributed by atoms with E-state index in [9.17, 15) is 4.79 Å². The topological polar surface area (TPSA) is 49.8 Å². The molecule has 104 valence electrons. The Balaban J connectivity index is 1.97. The standard InChI is InChI=1S/C14H18ClNO3/c15-11-3-5-12(6-4-11)16(10-14(17)18)8-7-13-2-1-9-19-13/h3-6,13H,1-2,7-10H2,(H,17,18). The first kappa shape index (κ1) is 14.2. The summed E-state index contributed by atoms with van der Waals surface area (Å²) in [6.45, 7) is 1.50. The number of ether oxygens (including phenoxy) is 1. The van der Waals surface area contributed by atoms with E-state index in [2.05, 4.69) is 0 Å². The first-order valence-corrected chi connectivity index (χ1v) is 6.87. The lowest BCUT2D eigenvalue weighted by atomic mass is 10.1. The lowest BCUT2D eigenvalue weighted by Crippen LogP contribution is -2.32. The van der Waals surface area contributed by atoms with Crippen LogP contribution in [0.15, 0.2) is 24.3 Å². The van der Waals surface area contributed by atoms with E-state index in [0.717, 1.165) is 31.6 Å². The van der Waals surface area contributed by atoms with Gasteiger partial charge in [0.05, 0.1) is 6.10 Å². The van der Waals surface area contributed by atoms with Gasteiger partial charge in [-0.05, 0) is 43.5 Å². The maximum absolute atomic E-state index is 10.9. The van der Waals surface area contributed by atoms with Gasteiger partial charge in [-0.3, -0.25) is 4.79 Å². The van der Waals surface area contributed by atoms with Crippen LogP contribution in [0.1, 0.15) is 19.3 Å². The first-order valence-electron chi connectivity index (χ1n) is 6.49. The van der Waals surface area contributed by atoms with E-state index >= 15 is 0 Å². The number of hydrogen-bond donors (Lipinski definition) is 1. The number of carbonyl (C=O) groups is 1. The molecule has 4 nitrogen and oxygen atoms in total. The summed E-state index contributed by atoms with van der Waals surface area (Å²) in [4.78, 5) is 12.8. The number of aliphatic carboxylic acids is 1. The highest BCUT2D eigenvalue weighted by atomic mass is 35.5. The third-order valence-electron chi connectivity index (χ3n) is 3.26. The van der Waals surface area contributed by atoms with Gasteiger partial charge in [-0.25, -0.2) is 0 Å². The summed E-state index contributed by atoms with van der Waals surface area (Å²) < 4.78 is 5.57. The van der Waals surface area contributed by atoms with Gasteiger partial charge in [0.15, 0.2) is 0 Å². The van der Waals surface area contributed by atoms with Gasteiger partial charge in [0.1, 0.15) is 6.54 Å². The van der Waals surface area contributed by atoms with E-state index in [1.165, 1.54) is 0 Å². The summed E-state index contributed by atoms with van der Waals surface area (Å²) in [5.74, 6) is -0.831. The van der Waals surface area contributed by atoms with E-state index in [-0.39, 0.29) is 12.6 Å². The molecule has 1 aliphatic rings. The van der Waals surface area contributed by atoms with E-state index in [0.29, 0.717) is 11.6 Å². The minimum absolute atomic E-state index is 0.00560. The predicted octanol–water partition coefficient (Wildman–Crippen LogP) is 2.80. The van der Waals surface area contributed by atoms with Gasteiger partial charge in [-0.1, -0.05) is 11.6 Å². The van der Waals surface area contributed by atoms with Crippen molar-refractivity contribution < 1.29 is 14.6 Å². The molecule has 19 heavy (non-hydrogen) atoms. The highest BCUT2D eigenvalue weighted by molar-refractivity contribution is 6.30. The molecular formula is C14H18ClNO3. The minimum Gasteiger partial charge on any atom is -0.480 e. The number of anilines is 1. The first-order chi connectivity index (χ1) is 9.15. The van der Waals surface area contributed by atoms with Crippen molar-refractivity contribution >= 4 is 23.3 Å². The van der Waals surface area contributed by atoms with Gasteiger partial charge in [0.2, 0.25) is 0 Å². The molecule has 5 heteroatoms. The second kappa shape index (κ2) is 6.78.